The van der Waals surface area contributed by atoms with Crippen LogP contribution in [0, 0.1) is 0 Å². The second-order valence-electron chi connectivity index (χ2n) is 5.06. The Morgan fingerprint density at radius 3 is 2.29 bits per heavy atom. The van der Waals surface area contributed by atoms with Gasteiger partial charge in [0.2, 0.25) is 0 Å². The van der Waals surface area contributed by atoms with Crippen molar-refractivity contribution in [1.29, 1.82) is 0 Å². The summed E-state index contributed by atoms with van der Waals surface area (Å²) in [5, 5.41) is 9.31. The Morgan fingerprint density at radius 1 is 1.41 bits per heavy atom. The topological polar surface area (TPSA) is 76.1 Å². The highest BCUT2D eigenvalue weighted by Crippen LogP contribution is 2.33. The lowest BCUT2D eigenvalue weighted by Gasteiger charge is -2.48. The number of nitrogens with zero attached hydrogens (tertiary/aromatic N) is 1. The Balaban J connectivity index is 2.79. The van der Waals surface area contributed by atoms with Crippen LogP contribution in [0.3, 0.4) is 0 Å². The fraction of sp³-hybridized carbons (Fsp3) is 0.818. The van der Waals surface area contributed by atoms with Gasteiger partial charge in [-0.3, -0.25) is 4.90 Å². The van der Waals surface area contributed by atoms with Gasteiger partial charge < -0.3 is 14.6 Å². The van der Waals surface area contributed by atoms with E-state index in [9.17, 15) is 14.7 Å². The Morgan fingerprint density at radius 2 is 2.00 bits per heavy atom. The SMILES string of the molecule is COC(=O)C1(CO)CCN1C(=O)OC(C)(C)C. The number of carbonyl (C=O) groups excluding carboxylic acids is 2. The summed E-state index contributed by atoms with van der Waals surface area (Å²) in [6.45, 7) is 5.14. The average molecular weight is 245 g/mol. The first-order valence-electron chi connectivity index (χ1n) is 5.47. The predicted molar refractivity (Wildman–Crippen MR) is 59.4 cm³/mol. The van der Waals surface area contributed by atoms with Gasteiger partial charge in [-0.2, -0.15) is 0 Å². The first-order chi connectivity index (χ1) is 7.77. The molecule has 6 heteroatoms. The zero-order chi connectivity index (χ0) is 13.3. The number of hydrogen-bond donors (Lipinski definition) is 1. The molecule has 0 bridgehead atoms. The molecule has 0 radical (unpaired) electrons. The number of carbonyl (C=O) groups is 2. The summed E-state index contributed by atoms with van der Waals surface area (Å²) in [6.07, 6.45) is -0.224. The number of esters is 1. The molecule has 0 aromatic rings. The lowest BCUT2D eigenvalue weighted by Crippen LogP contribution is -2.69. The number of rotatable bonds is 2. The maximum Gasteiger partial charge on any atom is 0.411 e. The maximum absolute atomic E-state index is 11.8. The molecule has 1 unspecified atom stereocenters. The van der Waals surface area contributed by atoms with Crippen LogP contribution in [-0.4, -0.2) is 53.5 Å². The van der Waals surface area contributed by atoms with Crippen LogP contribution in [0.1, 0.15) is 27.2 Å². The molecule has 0 saturated carbocycles. The lowest BCUT2D eigenvalue weighted by atomic mass is 9.86. The van der Waals surface area contributed by atoms with E-state index in [0.717, 1.165) is 0 Å². The average Bonchev–Trinajstić information content (AvgIpc) is 2.14. The van der Waals surface area contributed by atoms with Crippen molar-refractivity contribution < 1.29 is 24.2 Å². The minimum atomic E-state index is -1.27. The zero-order valence-corrected chi connectivity index (χ0v) is 10.6. The standard InChI is InChI=1S/C11H19NO5/c1-10(2,3)17-9(15)12-6-5-11(12,7-13)8(14)16-4/h13H,5-7H2,1-4H3. The Labute approximate surface area is 100 Å². The van der Waals surface area contributed by atoms with Gasteiger partial charge in [0.25, 0.3) is 0 Å². The third kappa shape index (κ3) is 2.52. The number of hydrogen-bond acceptors (Lipinski definition) is 5. The fourth-order valence-corrected chi connectivity index (χ4v) is 1.71. The summed E-state index contributed by atoms with van der Waals surface area (Å²) in [6, 6.07) is 0. The van der Waals surface area contributed by atoms with E-state index in [2.05, 4.69) is 4.74 Å². The van der Waals surface area contributed by atoms with Crippen LogP contribution in [0.25, 0.3) is 0 Å². The lowest BCUT2D eigenvalue weighted by molar-refractivity contribution is -0.168. The maximum atomic E-state index is 11.8. The van der Waals surface area contributed by atoms with Gasteiger partial charge in [-0.15, -0.1) is 0 Å². The summed E-state index contributed by atoms with van der Waals surface area (Å²) in [5.41, 5.74) is -1.90. The van der Waals surface area contributed by atoms with Crippen molar-refractivity contribution in [2.75, 3.05) is 20.3 Å². The molecule has 1 rings (SSSR count). The number of ether oxygens (including phenoxy) is 2. The molecule has 1 amide bonds. The molecule has 0 aromatic carbocycles. The number of aliphatic hydroxyl groups is 1. The van der Waals surface area contributed by atoms with Crippen LogP contribution >= 0.6 is 0 Å². The molecule has 1 heterocycles. The summed E-state index contributed by atoms with van der Waals surface area (Å²) in [7, 11) is 1.23. The van der Waals surface area contributed by atoms with Gasteiger partial charge in [0.05, 0.1) is 13.7 Å². The zero-order valence-electron chi connectivity index (χ0n) is 10.6. The summed E-state index contributed by atoms with van der Waals surface area (Å²) < 4.78 is 9.77. The second kappa shape index (κ2) is 4.52. The molecular formula is C11H19NO5. The van der Waals surface area contributed by atoms with E-state index in [0.29, 0.717) is 13.0 Å². The van der Waals surface area contributed by atoms with Crippen LogP contribution in [-0.2, 0) is 14.3 Å². The second-order valence-corrected chi connectivity index (χ2v) is 5.06. The largest absolute Gasteiger partial charge is 0.467 e. The molecule has 0 aliphatic carbocycles. The predicted octanol–water partition coefficient (Wildman–Crippen LogP) is 0.531. The molecule has 6 nitrogen and oxygen atoms in total. The number of methoxy groups -OCH3 is 1. The van der Waals surface area contributed by atoms with Crippen molar-refractivity contribution in [3.63, 3.8) is 0 Å². The fourth-order valence-electron chi connectivity index (χ4n) is 1.71. The number of likely N-dealkylation sites (tertiary alicyclic amines) is 1. The summed E-state index contributed by atoms with van der Waals surface area (Å²) in [5.74, 6) is -0.614. The highest BCUT2D eigenvalue weighted by Gasteiger charge is 2.55. The molecule has 1 fully saturated rings. The van der Waals surface area contributed by atoms with E-state index >= 15 is 0 Å². The van der Waals surface area contributed by atoms with Gasteiger partial charge in [-0.1, -0.05) is 0 Å². The Bertz CT molecular complexity index is 318. The molecule has 1 atom stereocenters. The van der Waals surface area contributed by atoms with Crippen molar-refractivity contribution >= 4 is 12.1 Å². The first-order valence-corrected chi connectivity index (χ1v) is 5.47. The van der Waals surface area contributed by atoms with Gasteiger partial charge in [0, 0.05) is 13.0 Å². The molecule has 17 heavy (non-hydrogen) atoms. The molecule has 1 N–H and O–H groups in total. The molecular weight excluding hydrogens is 226 g/mol. The van der Waals surface area contributed by atoms with Crippen molar-refractivity contribution in [2.24, 2.45) is 0 Å². The van der Waals surface area contributed by atoms with E-state index in [-0.39, 0.29) is 0 Å². The normalized spacial score (nSPS) is 23.9. The molecule has 1 aliphatic heterocycles. The Kier molecular flexibility index (Phi) is 3.66. The van der Waals surface area contributed by atoms with Crippen LogP contribution in [0.15, 0.2) is 0 Å². The van der Waals surface area contributed by atoms with E-state index in [1.807, 2.05) is 0 Å². The van der Waals surface area contributed by atoms with Gasteiger partial charge in [0.15, 0.2) is 5.54 Å². The molecule has 1 saturated heterocycles. The van der Waals surface area contributed by atoms with Crippen LogP contribution in [0.2, 0.25) is 0 Å². The third-order valence-corrected chi connectivity index (χ3v) is 2.71. The van der Waals surface area contributed by atoms with Crippen LogP contribution in [0.4, 0.5) is 4.79 Å². The minimum absolute atomic E-state index is 0.380. The minimum Gasteiger partial charge on any atom is -0.467 e. The van der Waals surface area contributed by atoms with E-state index < -0.39 is 29.8 Å². The summed E-state index contributed by atoms with van der Waals surface area (Å²) >= 11 is 0. The van der Waals surface area contributed by atoms with E-state index in [4.69, 9.17) is 4.74 Å². The number of amides is 1. The van der Waals surface area contributed by atoms with E-state index in [1.54, 1.807) is 20.8 Å². The van der Waals surface area contributed by atoms with Crippen molar-refractivity contribution in [2.45, 2.75) is 38.3 Å². The van der Waals surface area contributed by atoms with Gasteiger partial charge in [-0.25, -0.2) is 9.59 Å². The van der Waals surface area contributed by atoms with Crippen molar-refractivity contribution in [1.82, 2.24) is 4.90 Å². The molecule has 98 valence electrons. The summed E-state index contributed by atoms with van der Waals surface area (Å²) in [4.78, 5) is 24.6. The van der Waals surface area contributed by atoms with Crippen molar-refractivity contribution in [3.8, 4) is 0 Å². The van der Waals surface area contributed by atoms with Gasteiger partial charge in [-0.05, 0) is 20.8 Å². The molecule has 1 aliphatic rings. The van der Waals surface area contributed by atoms with Crippen LogP contribution in [0.5, 0.6) is 0 Å². The highest BCUT2D eigenvalue weighted by molar-refractivity contribution is 5.88. The van der Waals surface area contributed by atoms with Gasteiger partial charge in [0.1, 0.15) is 5.60 Å². The van der Waals surface area contributed by atoms with E-state index in [1.165, 1.54) is 12.0 Å². The quantitative estimate of drug-likeness (QED) is 0.718. The van der Waals surface area contributed by atoms with Crippen LogP contribution < -0.4 is 0 Å². The smallest absolute Gasteiger partial charge is 0.411 e. The first kappa shape index (κ1) is 13.8. The third-order valence-electron chi connectivity index (χ3n) is 2.71. The molecule has 0 spiro atoms. The molecule has 0 aromatic heterocycles. The number of aliphatic hydroxyl groups excluding tert-OH is 1. The van der Waals surface area contributed by atoms with Gasteiger partial charge >= 0.3 is 12.1 Å². The Hall–Kier alpha value is -1.30. The van der Waals surface area contributed by atoms with Crippen molar-refractivity contribution in [3.05, 3.63) is 0 Å². The monoisotopic (exact) mass is 245 g/mol. The highest BCUT2D eigenvalue weighted by atomic mass is 16.6.